The molecule has 162 valence electrons. The van der Waals surface area contributed by atoms with E-state index >= 15 is 0 Å². The number of benzene rings is 1. The molecule has 1 N–H and O–H groups in total. The Morgan fingerprint density at radius 2 is 2.19 bits per heavy atom. The molecule has 1 saturated carbocycles. The second-order valence-electron chi connectivity index (χ2n) is 8.41. The van der Waals surface area contributed by atoms with E-state index in [1.807, 2.05) is 25.1 Å². The summed E-state index contributed by atoms with van der Waals surface area (Å²) < 4.78 is 33.1. The number of hydrogen-bond acceptors (Lipinski definition) is 5. The normalized spacial score (nSPS) is 19.8. The number of aromatic nitrogens is 4. The molecule has 2 aliphatic rings. The van der Waals surface area contributed by atoms with Crippen LogP contribution in [0.15, 0.2) is 35.2 Å². The van der Waals surface area contributed by atoms with Gasteiger partial charge >= 0.3 is 0 Å². The topological polar surface area (TPSA) is 85.8 Å². The maximum absolute atomic E-state index is 13.1. The minimum atomic E-state index is -2.57. The van der Waals surface area contributed by atoms with Crippen molar-refractivity contribution in [2.75, 3.05) is 0 Å². The fourth-order valence-corrected chi connectivity index (χ4v) is 4.50. The van der Waals surface area contributed by atoms with Crippen LogP contribution in [0.25, 0.3) is 11.4 Å². The van der Waals surface area contributed by atoms with Crippen LogP contribution in [0, 0.1) is 5.92 Å². The van der Waals surface area contributed by atoms with Crippen molar-refractivity contribution in [3.05, 3.63) is 53.4 Å². The molecule has 0 saturated heterocycles. The van der Waals surface area contributed by atoms with Gasteiger partial charge in [-0.1, -0.05) is 24.2 Å². The van der Waals surface area contributed by atoms with Gasteiger partial charge in [0.25, 0.3) is 5.91 Å². The maximum Gasteiger partial charge on any atom is 0.270 e. The number of hydrogen-bond donors (Lipinski definition) is 1. The van der Waals surface area contributed by atoms with Crippen LogP contribution in [-0.2, 0) is 19.4 Å². The number of alkyl halides is 2. The molecule has 1 fully saturated rings. The SMILES string of the molecule is CCc1nc(-c2ccc3c(c2)CCC3NC(=O)c2cncn2CC2CC(F)(F)C2)no1. The Bertz CT molecular complexity index is 1110. The van der Waals surface area contributed by atoms with Gasteiger partial charge in [0.1, 0.15) is 5.69 Å². The predicted octanol–water partition coefficient (Wildman–Crippen LogP) is 3.96. The number of fused-ring (bicyclic) bond motifs is 1. The molecule has 3 aromatic rings. The smallest absolute Gasteiger partial charge is 0.270 e. The maximum atomic E-state index is 13.1. The summed E-state index contributed by atoms with van der Waals surface area (Å²) in [4.78, 5) is 21.3. The zero-order valence-corrected chi connectivity index (χ0v) is 17.1. The molecular formula is C22H23F2N5O2. The largest absolute Gasteiger partial charge is 0.344 e. The van der Waals surface area contributed by atoms with Gasteiger partial charge in [-0.2, -0.15) is 4.98 Å². The third-order valence-electron chi connectivity index (χ3n) is 6.13. The molecule has 1 atom stereocenters. The highest BCUT2D eigenvalue weighted by atomic mass is 19.3. The standard InChI is InChI=1S/C22H23F2N5O2/c1-2-19-27-20(28-31-19)15-3-5-16-14(7-15)4-6-17(16)26-21(30)18-10-25-12-29(18)11-13-8-22(23,24)9-13/h3,5,7,10,12-13,17H,2,4,6,8-9,11H2,1H3,(H,26,30). The monoisotopic (exact) mass is 427 g/mol. The minimum Gasteiger partial charge on any atom is -0.344 e. The molecule has 2 heterocycles. The van der Waals surface area contributed by atoms with E-state index in [1.165, 1.54) is 12.5 Å². The fourth-order valence-electron chi connectivity index (χ4n) is 4.50. The third-order valence-corrected chi connectivity index (χ3v) is 6.13. The van der Waals surface area contributed by atoms with Crippen molar-refractivity contribution < 1.29 is 18.1 Å². The predicted molar refractivity (Wildman–Crippen MR) is 108 cm³/mol. The van der Waals surface area contributed by atoms with Gasteiger partial charge < -0.3 is 14.4 Å². The van der Waals surface area contributed by atoms with Crippen LogP contribution in [0.4, 0.5) is 8.78 Å². The molecule has 0 spiro atoms. The van der Waals surface area contributed by atoms with Crippen molar-refractivity contribution in [1.29, 1.82) is 0 Å². The molecule has 1 aromatic carbocycles. The molecular weight excluding hydrogens is 404 g/mol. The van der Waals surface area contributed by atoms with Crippen LogP contribution < -0.4 is 5.32 Å². The van der Waals surface area contributed by atoms with Gasteiger partial charge in [-0.25, -0.2) is 13.8 Å². The molecule has 5 rings (SSSR count). The van der Waals surface area contributed by atoms with Crippen molar-refractivity contribution in [3.8, 4) is 11.4 Å². The second-order valence-corrected chi connectivity index (χ2v) is 8.41. The Morgan fingerprint density at radius 1 is 1.35 bits per heavy atom. The molecule has 7 nitrogen and oxygen atoms in total. The molecule has 1 unspecified atom stereocenters. The van der Waals surface area contributed by atoms with Gasteiger partial charge in [0.15, 0.2) is 0 Å². The Morgan fingerprint density at radius 3 is 2.94 bits per heavy atom. The van der Waals surface area contributed by atoms with E-state index in [9.17, 15) is 13.6 Å². The lowest BCUT2D eigenvalue weighted by Gasteiger charge is -2.35. The molecule has 0 radical (unpaired) electrons. The molecule has 2 aliphatic carbocycles. The lowest BCUT2D eigenvalue weighted by atomic mass is 9.81. The quantitative estimate of drug-likeness (QED) is 0.644. The number of aryl methyl sites for hydroxylation is 2. The Kier molecular flexibility index (Phi) is 4.83. The zero-order chi connectivity index (χ0) is 21.6. The van der Waals surface area contributed by atoms with Crippen molar-refractivity contribution in [2.45, 2.75) is 57.5 Å². The summed E-state index contributed by atoms with van der Waals surface area (Å²) in [7, 11) is 0. The van der Waals surface area contributed by atoms with E-state index in [2.05, 4.69) is 20.4 Å². The number of imidazole rings is 1. The molecule has 31 heavy (non-hydrogen) atoms. The fraction of sp³-hybridized carbons (Fsp3) is 0.455. The minimum absolute atomic E-state index is 0.107. The van der Waals surface area contributed by atoms with Gasteiger partial charge in [0.2, 0.25) is 17.6 Å². The van der Waals surface area contributed by atoms with E-state index in [-0.39, 0.29) is 30.7 Å². The Balaban J connectivity index is 1.27. The van der Waals surface area contributed by atoms with Crippen LogP contribution in [0.1, 0.15) is 59.7 Å². The zero-order valence-electron chi connectivity index (χ0n) is 17.1. The van der Waals surface area contributed by atoms with Gasteiger partial charge in [0, 0.05) is 31.4 Å². The summed E-state index contributed by atoms with van der Waals surface area (Å²) in [6.07, 6.45) is 5.08. The first-order valence-corrected chi connectivity index (χ1v) is 10.6. The number of rotatable bonds is 6. The van der Waals surface area contributed by atoms with Gasteiger partial charge in [-0.05, 0) is 36.0 Å². The second kappa shape index (κ2) is 7.55. The number of carbonyl (C=O) groups excluding carboxylic acids is 1. The number of halogens is 2. The summed E-state index contributed by atoms with van der Waals surface area (Å²) in [6, 6.07) is 5.88. The highest BCUT2D eigenvalue weighted by Crippen LogP contribution is 2.43. The van der Waals surface area contributed by atoms with E-state index in [1.54, 1.807) is 4.57 Å². The Hall–Kier alpha value is -3.10. The highest BCUT2D eigenvalue weighted by molar-refractivity contribution is 5.92. The van der Waals surface area contributed by atoms with Crippen molar-refractivity contribution >= 4 is 5.91 Å². The first-order valence-electron chi connectivity index (χ1n) is 10.6. The highest BCUT2D eigenvalue weighted by Gasteiger charge is 2.45. The summed E-state index contributed by atoms with van der Waals surface area (Å²) in [5.41, 5.74) is 3.51. The van der Waals surface area contributed by atoms with Crippen molar-refractivity contribution in [3.63, 3.8) is 0 Å². The summed E-state index contributed by atoms with van der Waals surface area (Å²) in [5.74, 6) is -1.77. The van der Waals surface area contributed by atoms with E-state index < -0.39 is 5.92 Å². The number of carbonyl (C=O) groups is 1. The van der Waals surface area contributed by atoms with E-state index in [4.69, 9.17) is 4.52 Å². The molecule has 9 heteroatoms. The van der Waals surface area contributed by atoms with Crippen molar-refractivity contribution in [2.24, 2.45) is 5.92 Å². The lowest BCUT2D eigenvalue weighted by Crippen LogP contribution is -2.38. The van der Waals surface area contributed by atoms with Crippen LogP contribution in [0.2, 0.25) is 0 Å². The first-order chi connectivity index (χ1) is 14.9. The average molecular weight is 427 g/mol. The van der Waals surface area contributed by atoms with Crippen LogP contribution in [-0.4, -0.2) is 31.5 Å². The summed E-state index contributed by atoms with van der Waals surface area (Å²) in [6.45, 7) is 2.34. The number of nitrogens with zero attached hydrogens (tertiary/aromatic N) is 4. The van der Waals surface area contributed by atoms with Crippen LogP contribution in [0.3, 0.4) is 0 Å². The van der Waals surface area contributed by atoms with E-state index in [0.29, 0.717) is 30.4 Å². The third kappa shape index (κ3) is 3.84. The van der Waals surface area contributed by atoms with Gasteiger partial charge in [-0.15, -0.1) is 0 Å². The molecule has 0 aliphatic heterocycles. The van der Waals surface area contributed by atoms with Crippen molar-refractivity contribution in [1.82, 2.24) is 25.0 Å². The number of nitrogens with one attached hydrogen (secondary N) is 1. The Labute approximate surface area is 177 Å². The molecule has 0 bridgehead atoms. The molecule has 2 aromatic heterocycles. The lowest BCUT2D eigenvalue weighted by molar-refractivity contribution is -0.114. The molecule has 1 amide bonds. The number of amides is 1. The van der Waals surface area contributed by atoms with E-state index in [0.717, 1.165) is 29.5 Å². The first kappa shape index (κ1) is 19.8. The van der Waals surface area contributed by atoms with Gasteiger partial charge in [-0.3, -0.25) is 4.79 Å². The van der Waals surface area contributed by atoms with Crippen LogP contribution in [0.5, 0.6) is 0 Å². The van der Waals surface area contributed by atoms with Crippen LogP contribution >= 0.6 is 0 Å². The summed E-state index contributed by atoms with van der Waals surface area (Å²) >= 11 is 0. The van der Waals surface area contributed by atoms with Gasteiger partial charge in [0.05, 0.1) is 18.6 Å². The average Bonchev–Trinajstić information content (AvgIpc) is 3.46. The summed E-state index contributed by atoms with van der Waals surface area (Å²) in [5, 5.41) is 7.10.